The van der Waals surface area contributed by atoms with Crippen molar-refractivity contribution in [3.05, 3.63) is 35.9 Å². The molecule has 2 N–H and O–H groups in total. The largest absolute Gasteiger partial charge is 0.385 e. The summed E-state index contributed by atoms with van der Waals surface area (Å²) in [6.07, 6.45) is 3.62. The number of carbonyl (C=O) groups is 1. The zero-order chi connectivity index (χ0) is 16.6. The molecule has 4 heterocycles. The van der Waals surface area contributed by atoms with Gasteiger partial charge in [0.15, 0.2) is 0 Å². The number of fused-ring (bicyclic) bond motifs is 3. The van der Waals surface area contributed by atoms with Gasteiger partial charge in [0.2, 0.25) is 0 Å². The predicted octanol–water partition coefficient (Wildman–Crippen LogP) is 1.77. The van der Waals surface area contributed by atoms with Gasteiger partial charge in [0, 0.05) is 25.7 Å². The molecular formula is C19H27N3O2. The third-order valence-corrected chi connectivity index (χ3v) is 6.15. The standard InChI is InChI=1S/C19H27N3O2/c23-18(20-17-14-21-10-6-15(17)7-11-21)22-12-8-19(24,9-13-22)16-4-2-1-3-5-16/h1-5,15,17,24H,6-14H2,(H,20,23)/t17-/m0/s1. The van der Waals surface area contributed by atoms with Crippen LogP contribution in [-0.2, 0) is 5.60 Å². The summed E-state index contributed by atoms with van der Waals surface area (Å²) >= 11 is 0. The van der Waals surface area contributed by atoms with Crippen LogP contribution >= 0.6 is 0 Å². The maximum absolute atomic E-state index is 12.6. The number of carbonyl (C=O) groups excluding carboxylic acids is 1. The summed E-state index contributed by atoms with van der Waals surface area (Å²) in [6, 6.07) is 10.2. The maximum atomic E-state index is 12.6. The van der Waals surface area contributed by atoms with Gasteiger partial charge in [0.1, 0.15) is 0 Å². The highest BCUT2D eigenvalue weighted by molar-refractivity contribution is 5.74. The van der Waals surface area contributed by atoms with E-state index in [0.717, 1.165) is 12.1 Å². The van der Waals surface area contributed by atoms with Crippen LogP contribution in [0.25, 0.3) is 0 Å². The van der Waals surface area contributed by atoms with E-state index in [9.17, 15) is 9.90 Å². The molecule has 0 aromatic heterocycles. The molecule has 5 rings (SSSR count). The Balaban J connectivity index is 1.33. The van der Waals surface area contributed by atoms with Crippen molar-refractivity contribution >= 4 is 6.03 Å². The van der Waals surface area contributed by atoms with Crippen molar-refractivity contribution < 1.29 is 9.90 Å². The minimum atomic E-state index is -0.798. The van der Waals surface area contributed by atoms with Gasteiger partial charge in [0.05, 0.1) is 5.60 Å². The second-order valence-electron chi connectivity index (χ2n) is 7.58. The predicted molar refractivity (Wildman–Crippen MR) is 92.6 cm³/mol. The SMILES string of the molecule is O=C(N[C@H]1CN2CCC1CC2)N1CCC(O)(c2ccccc2)CC1. The number of nitrogens with zero attached hydrogens (tertiary/aromatic N) is 2. The summed E-state index contributed by atoms with van der Waals surface area (Å²) in [6.45, 7) is 4.59. The molecular weight excluding hydrogens is 302 g/mol. The van der Waals surface area contributed by atoms with Gasteiger partial charge in [-0.3, -0.25) is 0 Å². The number of aliphatic hydroxyl groups is 1. The molecule has 0 aliphatic carbocycles. The number of hydrogen-bond acceptors (Lipinski definition) is 3. The van der Waals surface area contributed by atoms with Gasteiger partial charge in [-0.25, -0.2) is 4.79 Å². The van der Waals surface area contributed by atoms with Crippen LogP contribution in [0.2, 0.25) is 0 Å². The van der Waals surface area contributed by atoms with Gasteiger partial charge in [-0.2, -0.15) is 0 Å². The molecule has 1 atom stereocenters. The number of benzene rings is 1. The zero-order valence-corrected chi connectivity index (χ0v) is 14.2. The quantitative estimate of drug-likeness (QED) is 0.869. The van der Waals surface area contributed by atoms with Crippen LogP contribution in [0.15, 0.2) is 30.3 Å². The Morgan fingerprint density at radius 1 is 1.08 bits per heavy atom. The van der Waals surface area contributed by atoms with Crippen molar-refractivity contribution in [2.45, 2.75) is 37.3 Å². The topological polar surface area (TPSA) is 55.8 Å². The highest BCUT2D eigenvalue weighted by Gasteiger charge is 2.38. The lowest BCUT2D eigenvalue weighted by atomic mass is 9.83. The van der Waals surface area contributed by atoms with E-state index >= 15 is 0 Å². The lowest BCUT2D eigenvalue weighted by Crippen LogP contribution is -2.60. The van der Waals surface area contributed by atoms with E-state index < -0.39 is 5.60 Å². The first kappa shape index (κ1) is 15.9. The Hall–Kier alpha value is -1.59. The third-order valence-electron chi connectivity index (χ3n) is 6.15. The maximum Gasteiger partial charge on any atom is 0.317 e. The van der Waals surface area contributed by atoms with Gasteiger partial charge in [-0.05, 0) is 50.3 Å². The molecule has 0 spiro atoms. The van der Waals surface area contributed by atoms with E-state index in [2.05, 4.69) is 10.2 Å². The van der Waals surface area contributed by atoms with Crippen LogP contribution in [0.1, 0.15) is 31.2 Å². The van der Waals surface area contributed by atoms with Crippen molar-refractivity contribution in [2.75, 3.05) is 32.7 Å². The van der Waals surface area contributed by atoms with Crippen molar-refractivity contribution in [3.8, 4) is 0 Å². The lowest BCUT2D eigenvalue weighted by Gasteiger charge is -2.46. The van der Waals surface area contributed by atoms with Gasteiger partial charge in [0.25, 0.3) is 0 Å². The number of nitrogens with one attached hydrogen (secondary N) is 1. The highest BCUT2D eigenvalue weighted by Crippen LogP contribution is 2.33. The monoisotopic (exact) mass is 329 g/mol. The molecule has 4 saturated heterocycles. The second kappa shape index (κ2) is 6.37. The second-order valence-corrected chi connectivity index (χ2v) is 7.58. The van der Waals surface area contributed by atoms with Gasteiger partial charge in [-0.1, -0.05) is 30.3 Å². The summed E-state index contributed by atoms with van der Waals surface area (Å²) in [4.78, 5) is 16.9. The molecule has 1 aromatic carbocycles. The Morgan fingerprint density at radius 2 is 1.75 bits per heavy atom. The summed E-state index contributed by atoms with van der Waals surface area (Å²) in [5.41, 5.74) is 0.163. The van der Waals surface area contributed by atoms with E-state index in [1.54, 1.807) is 0 Å². The van der Waals surface area contributed by atoms with Crippen LogP contribution in [0.3, 0.4) is 0 Å². The molecule has 130 valence electrons. The molecule has 2 amide bonds. The van der Waals surface area contributed by atoms with Gasteiger partial charge < -0.3 is 20.2 Å². The Bertz CT molecular complexity index is 576. The molecule has 4 aliphatic heterocycles. The first-order valence-corrected chi connectivity index (χ1v) is 9.20. The fourth-order valence-corrected chi connectivity index (χ4v) is 4.50. The number of rotatable bonds is 2. The summed E-state index contributed by atoms with van der Waals surface area (Å²) in [5, 5.41) is 14.1. The van der Waals surface area contributed by atoms with E-state index in [0.29, 0.717) is 37.9 Å². The van der Waals surface area contributed by atoms with E-state index in [1.807, 2.05) is 35.2 Å². The Labute approximate surface area is 143 Å². The van der Waals surface area contributed by atoms with Crippen molar-refractivity contribution in [3.63, 3.8) is 0 Å². The molecule has 5 heteroatoms. The molecule has 4 aliphatic rings. The van der Waals surface area contributed by atoms with Gasteiger partial charge >= 0.3 is 6.03 Å². The Morgan fingerprint density at radius 3 is 2.33 bits per heavy atom. The van der Waals surface area contributed by atoms with Crippen molar-refractivity contribution in [2.24, 2.45) is 5.92 Å². The van der Waals surface area contributed by atoms with Crippen LogP contribution in [0.4, 0.5) is 4.79 Å². The van der Waals surface area contributed by atoms with E-state index in [-0.39, 0.29) is 6.03 Å². The summed E-state index contributed by atoms with van der Waals surface area (Å²) in [5.74, 6) is 0.644. The van der Waals surface area contributed by atoms with Crippen LogP contribution in [0.5, 0.6) is 0 Å². The van der Waals surface area contributed by atoms with Crippen LogP contribution in [-0.4, -0.2) is 59.7 Å². The zero-order valence-electron chi connectivity index (χ0n) is 14.2. The van der Waals surface area contributed by atoms with Crippen molar-refractivity contribution in [1.29, 1.82) is 0 Å². The minimum Gasteiger partial charge on any atom is -0.385 e. The van der Waals surface area contributed by atoms with E-state index in [1.165, 1.54) is 25.9 Å². The fourth-order valence-electron chi connectivity index (χ4n) is 4.50. The normalized spacial score (nSPS) is 31.7. The molecule has 0 radical (unpaired) electrons. The average Bonchev–Trinajstić information content (AvgIpc) is 2.64. The molecule has 0 saturated carbocycles. The molecule has 4 fully saturated rings. The number of amides is 2. The number of likely N-dealkylation sites (tertiary alicyclic amines) is 1. The number of urea groups is 1. The molecule has 1 aromatic rings. The summed E-state index contributed by atoms with van der Waals surface area (Å²) in [7, 11) is 0. The minimum absolute atomic E-state index is 0.0452. The first-order valence-electron chi connectivity index (χ1n) is 9.20. The molecule has 24 heavy (non-hydrogen) atoms. The highest BCUT2D eigenvalue weighted by atomic mass is 16.3. The number of piperidine rings is 4. The lowest BCUT2D eigenvalue weighted by molar-refractivity contribution is -0.0179. The number of hydrogen-bond donors (Lipinski definition) is 2. The van der Waals surface area contributed by atoms with E-state index in [4.69, 9.17) is 0 Å². The molecule has 2 bridgehead atoms. The Kier molecular flexibility index (Phi) is 4.22. The fraction of sp³-hybridized carbons (Fsp3) is 0.632. The first-order chi connectivity index (χ1) is 11.6. The van der Waals surface area contributed by atoms with Crippen LogP contribution in [0, 0.1) is 5.92 Å². The van der Waals surface area contributed by atoms with Crippen LogP contribution < -0.4 is 5.32 Å². The van der Waals surface area contributed by atoms with Gasteiger partial charge in [-0.15, -0.1) is 0 Å². The third kappa shape index (κ3) is 3.03. The van der Waals surface area contributed by atoms with Crippen molar-refractivity contribution in [1.82, 2.24) is 15.1 Å². The smallest absolute Gasteiger partial charge is 0.317 e. The summed E-state index contributed by atoms with van der Waals surface area (Å²) < 4.78 is 0. The molecule has 5 nitrogen and oxygen atoms in total. The average molecular weight is 329 g/mol. The molecule has 0 unspecified atom stereocenters.